The fraction of sp³-hybridized carbons (Fsp3) is 0.476. The number of nitrogens with zero attached hydrogens (tertiary/aromatic N) is 4. The normalized spacial score (nSPS) is 19.4. The van der Waals surface area contributed by atoms with Crippen molar-refractivity contribution in [3.63, 3.8) is 0 Å². The van der Waals surface area contributed by atoms with Crippen LogP contribution in [0.3, 0.4) is 0 Å². The Balaban J connectivity index is 1.62. The Morgan fingerprint density at radius 1 is 1.32 bits per heavy atom. The predicted octanol–water partition coefficient (Wildman–Crippen LogP) is 2.49. The van der Waals surface area contributed by atoms with Gasteiger partial charge in [0.2, 0.25) is 5.91 Å². The number of ether oxygens (including phenoxy) is 1. The Bertz CT molecular complexity index is 957. The van der Waals surface area contributed by atoms with E-state index in [4.69, 9.17) is 10.3 Å². The van der Waals surface area contributed by atoms with E-state index < -0.39 is 23.8 Å². The van der Waals surface area contributed by atoms with Crippen LogP contribution in [-0.4, -0.2) is 63.6 Å². The number of hydrogen-bond acceptors (Lipinski definition) is 9. The molecule has 0 aromatic heterocycles. The van der Waals surface area contributed by atoms with Crippen molar-refractivity contribution in [3.05, 3.63) is 35.7 Å². The first-order chi connectivity index (χ1) is 16.3. The SMILES string of the molecule is CO/N=C/C(=C/NC1CCN(c2c(F)cc(N3C[C@H](CNC(C)=O)OC3=O)cc2F)CC1)N=N. The Labute approximate surface area is 195 Å². The van der Waals surface area contributed by atoms with E-state index in [2.05, 4.69) is 25.7 Å². The molecule has 0 spiro atoms. The molecule has 2 heterocycles. The number of hydrogen-bond donors (Lipinski definition) is 3. The van der Waals surface area contributed by atoms with Crippen LogP contribution in [-0.2, 0) is 14.4 Å². The molecular formula is C21H27F2N7O4. The van der Waals surface area contributed by atoms with Crippen molar-refractivity contribution in [2.45, 2.75) is 31.9 Å². The van der Waals surface area contributed by atoms with Crippen LogP contribution in [0.5, 0.6) is 0 Å². The number of oxime groups is 1. The maximum absolute atomic E-state index is 14.9. The quantitative estimate of drug-likeness (QED) is 0.283. The van der Waals surface area contributed by atoms with Crippen LogP contribution in [0.1, 0.15) is 19.8 Å². The third-order valence-electron chi connectivity index (χ3n) is 5.46. The number of carbonyl (C=O) groups excluding carboxylic acids is 2. The van der Waals surface area contributed by atoms with Crippen molar-refractivity contribution >= 4 is 29.6 Å². The molecular weight excluding hydrogens is 452 g/mol. The minimum atomic E-state index is -0.773. The number of cyclic esters (lactones) is 1. The lowest BCUT2D eigenvalue weighted by Gasteiger charge is -2.34. The Morgan fingerprint density at radius 2 is 2.00 bits per heavy atom. The first kappa shape index (κ1) is 24.9. The molecule has 2 aliphatic heterocycles. The molecule has 1 aromatic carbocycles. The first-order valence-corrected chi connectivity index (χ1v) is 10.7. The topological polar surface area (TPSA) is 132 Å². The van der Waals surface area contributed by atoms with Gasteiger partial charge in [-0.1, -0.05) is 5.16 Å². The van der Waals surface area contributed by atoms with Gasteiger partial charge >= 0.3 is 6.09 Å². The van der Waals surface area contributed by atoms with Gasteiger partial charge in [-0.3, -0.25) is 9.69 Å². The predicted molar refractivity (Wildman–Crippen MR) is 120 cm³/mol. The van der Waals surface area contributed by atoms with E-state index in [1.807, 2.05) is 0 Å². The summed E-state index contributed by atoms with van der Waals surface area (Å²) in [6.45, 7) is 2.35. The second-order valence-corrected chi connectivity index (χ2v) is 7.84. The Hall–Kier alpha value is -3.77. The lowest BCUT2D eigenvalue weighted by atomic mass is 10.0. The van der Waals surface area contributed by atoms with Crippen LogP contribution < -0.4 is 20.4 Å². The molecule has 1 atom stereocenters. The molecule has 2 aliphatic rings. The fourth-order valence-corrected chi connectivity index (χ4v) is 3.78. The molecule has 2 amide bonds. The van der Waals surface area contributed by atoms with E-state index in [-0.39, 0.29) is 42.1 Å². The fourth-order valence-electron chi connectivity index (χ4n) is 3.78. The molecule has 0 radical (unpaired) electrons. The largest absolute Gasteiger partial charge is 0.442 e. The number of benzene rings is 1. The monoisotopic (exact) mass is 479 g/mol. The van der Waals surface area contributed by atoms with E-state index in [9.17, 15) is 18.4 Å². The summed E-state index contributed by atoms with van der Waals surface area (Å²) >= 11 is 0. The van der Waals surface area contributed by atoms with Gasteiger partial charge in [-0.25, -0.2) is 19.1 Å². The van der Waals surface area contributed by atoms with E-state index in [0.717, 1.165) is 17.0 Å². The highest BCUT2D eigenvalue weighted by molar-refractivity contribution is 5.90. The number of halogens is 2. The number of piperidine rings is 1. The average Bonchev–Trinajstić information content (AvgIpc) is 3.18. The van der Waals surface area contributed by atoms with Crippen molar-refractivity contribution in [2.75, 3.05) is 43.1 Å². The minimum Gasteiger partial charge on any atom is -0.442 e. The van der Waals surface area contributed by atoms with Gasteiger partial charge in [0.05, 0.1) is 25.0 Å². The van der Waals surface area contributed by atoms with Crippen LogP contribution in [0, 0.1) is 17.2 Å². The number of nitrogens with one attached hydrogen (secondary N) is 3. The van der Waals surface area contributed by atoms with Crippen molar-refractivity contribution in [2.24, 2.45) is 10.3 Å². The molecule has 2 fully saturated rings. The number of allylic oxidation sites excluding steroid dienone is 1. The zero-order valence-corrected chi connectivity index (χ0v) is 18.9. The second kappa shape index (κ2) is 11.4. The van der Waals surface area contributed by atoms with Crippen LogP contribution in [0.2, 0.25) is 0 Å². The van der Waals surface area contributed by atoms with Crippen molar-refractivity contribution in [3.8, 4) is 0 Å². The van der Waals surface area contributed by atoms with Crippen molar-refractivity contribution in [1.29, 1.82) is 5.53 Å². The van der Waals surface area contributed by atoms with Gasteiger partial charge in [0.25, 0.3) is 0 Å². The van der Waals surface area contributed by atoms with E-state index in [0.29, 0.717) is 25.9 Å². The molecule has 0 unspecified atom stereocenters. The molecule has 0 saturated carbocycles. The standard InChI is InChI=1S/C21H27F2N7O4/c1-13(31)25-11-17-12-30(21(32)34-17)16-7-18(22)20(19(23)8-16)29-5-3-14(4-6-29)26-9-15(28-24)10-27-33-2/h7-10,14,17,24,26H,3-6,11-12H2,1-2H3,(H,25,31)/b15-9-,27-10+,28-24?/t17-/m0/s1. The lowest BCUT2D eigenvalue weighted by Crippen LogP contribution is -2.41. The second-order valence-electron chi connectivity index (χ2n) is 7.84. The van der Waals surface area contributed by atoms with Crippen LogP contribution >= 0.6 is 0 Å². The molecule has 3 N–H and O–H groups in total. The highest BCUT2D eigenvalue weighted by atomic mass is 19.1. The lowest BCUT2D eigenvalue weighted by molar-refractivity contribution is -0.119. The summed E-state index contributed by atoms with van der Waals surface area (Å²) in [6, 6.07) is 2.27. The zero-order chi connectivity index (χ0) is 24.7. The smallest absolute Gasteiger partial charge is 0.414 e. The molecule has 0 aliphatic carbocycles. The number of rotatable bonds is 9. The van der Waals surface area contributed by atoms with Crippen LogP contribution in [0.25, 0.3) is 0 Å². The maximum atomic E-state index is 14.9. The Kier molecular flexibility index (Phi) is 8.33. The summed E-state index contributed by atoms with van der Waals surface area (Å²) in [6.07, 6.45) is 2.71. The molecule has 13 heteroatoms. The Morgan fingerprint density at radius 3 is 2.59 bits per heavy atom. The van der Waals surface area contributed by atoms with Gasteiger partial charge in [-0.2, -0.15) is 5.11 Å². The summed E-state index contributed by atoms with van der Waals surface area (Å²) < 4.78 is 35.0. The van der Waals surface area contributed by atoms with E-state index in [1.165, 1.54) is 20.2 Å². The van der Waals surface area contributed by atoms with Gasteiger partial charge in [0.1, 0.15) is 24.6 Å². The molecule has 34 heavy (non-hydrogen) atoms. The van der Waals surface area contributed by atoms with Gasteiger partial charge in [0.15, 0.2) is 11.6 Å². The van der Waals surface area contributed by atoms with Gasteiger partial charge in [0, 0.05) is 44.4 Å². The average molecular weight is 479 g/mol. The van der Waals surface area contributed by atoms with Gasteiger partial charge in [-0.15, -0.1) is 0 Å². The summed E-state index contributed by atoms with van der Waals surface area (Å²) in [4.78, 5) is 30.5. The van der Waals surface area contributed by atoms with Crippen LogP contribution in [0.4, 0.5) is 25.0 Å². The van der Waals surface area contributed by atoms with E-state index in [1.54, 1.807) is 11.1 Å². The third-order valence-corrected chi connectivity index (χ3v) is 5.46. The summed E-state index contributed by atoms with van der Waals surface area (Å²) in [5, 5.41) is 12.6. The molecule has 11 nitrogen and oxygen atoms in total. The molecule has 1 aromatic rings. The molecule has 0 bridgehead atoms. The van der Waals surface area contributed by atoms with Crippen LogP contribution in [0.15, 0.2) is 34.3 Å². The maximum Gasteiger partial charge on any atom is 0.414 e. The molecule has 3 rings (SSSR count). The minimum absolute atomic E-state index is 0.0363. The van der Waals surface area contributed by atoms with E-state index >= 15 is 0 Å². The first-order valence-electron chi connectivity index (χ1n) is 10.7. The number of amides is 2. The molecule has 2 saturated heterocycles. The summed E-state index contributed by atoms with van der Waals surface area (Å²) in [5.41, 5.74) is 7.30. The van der Waals surface area contributed by atoms with Crippen molar-refractivity contribution < 1.29 is 27.9 Å². The zero-order valence-electron chi connectivity index (χ0n) is 18.9. The number of carbonyl (C=O) groups is 2. The number of anilines is 2. The molecule has 184 valence electrons. The van der Waals surface area contributed by atoms with Gasteiger partial charge < -0.3 is 25.1 Å². The summed E-state index contributed by atoms with van der Waals surface area (Å²) in [7, 11) is 1.38. The van der Waals surface area contributed by atoms with Crippen molar-refractivity contribution in [1.82, 2.24) is 10.6 Å². The highest BCUT2D eigenvalue weighted by Crippen LogP contribution is 2.32. The third kappa shape index (κ3) is 6.17. The van der Waals surface area contributed by atoms with Gasteiger partial charge in [-0.05, 0) is 12.8 Å². The highest BCUT2D eigenvalue weighted by Gasteiger charge is 2.34. The summed E-state index contributed by atoms with van der Waals surface area (Å²) in [5.74, 6) is -1.81.